The number of nitrogens with zero attached hydrogens (tertiary/aromatic N) is 3. The van der Waals surface area contributed by atoms with E-state index in [0.717, 1.165) is 0 Å². The minimum absolute atomic E-state index is 0.0288. The minimum atomic E-state index is -0.658. The summed E-state index contributed by atoms with van der Waals surface area (Å²) in [6, 6.07) is 3.18. The maximum absolute atomic E-state index is 12.6. The lowest BCUT2D eigenvalue weighted by Crippen LogP contribution is -2.29. The first-order valence-electron chi connectivity index (χ1n) is 8.06. The van der Waals surface area contributed by atoms with E-state index in [-0.39, 0.29) is 18.2 Å². The van der Waals surface area contributed by atoms with Crippen molar-refractivity contribution < 1.29 is 19.1 Å². The van der Waals surface area contributed by atoms with Crippen molar-refractivity contribution in [1.82, 2.24) is 14.5 Å². The minimum Gasteiger partial charge on any atom is -0.462 e. The molecular weight excluding hydrogens is 326 g/mol. The first-order valence-corrected chi connectivity index (χ1v) is 8.06. The van der Waals surface area contributed by atoms with Crippen LogP contribution in [-0.2, 0) is 9.47 Å². The van der Waals surface area contributed by atoms with Gasteiger partial charge in [-0.2, -0.15) is 0 Å². The van der Waals surface area contributed by atoms with E-state index in [2.05, 4.69) is 4.98 Å². The number of amides is 1. The summed E-state index contributed by atoms with van der Waals surface area (Å²) < 4.78 is 11.5. The van der Waals surface area contributed by atoms with Crippen LogP contribution in [0.5, 0.6) is 0 Å². The van der Waals surface area contributed by atoms with E-state index < -0.39 is 17.5 Å². The van der Waals surface area contributed by atoms with E-state index in [1.165, 1.54) is 13.3 Å². The molecule has 1 aliphatic heterocycles. The van der Waals surface area contributed by atoms with Crippen LogP contribution in [-0.4, -0.2) is 53.3 Å². The zero-order valence-electron chi connectivity index (χ0n) is 14.1. The Labute approximate surface area is 144 Å². The number of rotatable bonds is 3. The summed E-state index contributed by atoms with van der Waals surface area (Å²) in [5, 5.41) is 0.351. The molecule has 25 heavy (non-hydrogen) atoms. The third kappa shape index (κ3) is 3.07. The molecule has 132 valence electrons. The summed E-state index contributed by atoms with van der Waals surface area (Å²) in [6.07, 6.45) is 3.36. The highest BCUT2D eigenvalue weighted by Crippen LogP contribution is 2.25. The second kappa shape index (κ2) is 6.92. The molecule has 0 radical (unpaired) electrons. The summed E-state index contributed by atoms with van der Waals surface area (Å²) in [6.45, 7) is 2.82. The average molecular weight is 345 g/mol. The molecule has 0 saturated carbocycles. The van der Waals surface area contributed by atoms with Crippen molar-refractivity contribution in [3.63, 3.8) is 0 Å². The van der Waals surface area contributed by atoms with E-state index in [1.54, 1.807) is 34.7 Å². The van der Waals surface area contributed by atoms with E-state index in [0.29, 0.717) is 30.5 Å². The molecule has 2 aromatic heterocycles. The van der Waals surface area contributed by atoms with Crippen LogP contribution >= 0.6 is 0 Å². The van der Waals surface area contributed by atoms with Crippen molar-refractivity contribution in [3.05, 3.63) is 40.3 Å². The number of ether oxygens (including phenoxy) is 2. The second-order valence-electron chi connectivity index (χ2n) is 5.73. The fourth-order valence-corrected chi connectivity index (χ4v) is 3.08. The molecule has 0 bridgehead atoms. The first-order chi connectivity index (χ1) is 12.1. The molecule has 1 aliphatic rings. The van der Waals surface area contributed by atoms with Crippen molar-refractivity contribution >= 4 is 23.1 Å². The average Bonchev–Trinajstić information content (AvgIpc) is 3.11. The van der Waals surface area contributed by atoms with Crippen LogP contribution in [0.2, 0.25) is 0 Å². The zero-order valence-corrected chi connectivity index (χ0v) is 14.1. The van der Waals surface area contributed by atoms with Crippen molar-refractivity contribution in [1.29, 1.82) is 0 Å². The molecular formula is C17H19N3O5. The number of hydrogen-bond donors (Lipinski definition) is 0. The van der Waals surface area contributed by atoms with Crippen LogP contribution in [0.4, 0.5) is 4.79 Å². The van der Waals surface area contributed by atoms with Crippen LogP contribution in [0.25, 0.3) is 11.0 Å². The van der Waals surface area contributed by atoms with Gasteiger partial charge in [0.05, 0.1) is 25.1 Å². The van der Waals surface area contributed by atoms with Gasteiger partial charge in [-0.1, -0.05) is 0 Å². The monoisotopic (exact) mass is 345 g/mol. The van der Waals surface area contributed by atoms with Gasteiger partial charge in [-0.05, 0) is 25.5 Å². The Morgan fingerprint density at radius 1 is 1.40 bits per heavy atom. The third-order valence-electron chi connectivity index (χ3n) is 4.27. The van der Waals surface area contributed by atoms with Crippen LogP contribution in [0.15, 0.2) is 29.3 Å². The lowest BCUT2D eigenvalue weighted by Gasteiger charge is -2.19. The largest absolute Gasteiger partial charge is 0.462 e. The quantitative estimate of drug-likeness (QED) is 0.785. The summed E-state index contributed by atoms with van der Waals surface area (Å²) in [7, 11) is 1.34. The van der Waals surface area contributed by atoms with Crippen LogP contribution in [0.1, 0.15) is 29.7 Å². The molecule has 1 saturated heterocycles. The predicted molar refractivity (Wildman–Crippen MR) is 89.6 cm³/mol. The van der Waals surface area contributed by atoms with Crippen LogP contribution in [0.3, 0.4) is 0 Å². The van der Waals surface area contributed by atoms with Gasteiger partial charge in [0.2, 0.25) is 5.43 Å². The van der Waals surface area contributed by atoms with Crippen molar-refractivity contribution in [2.75, 3.05) is 26.8 Å². The second-order valence-corrected chi connectivity index (χ2v) is 5.73. The molecule has 1 amide bonds. The van der Waals surface area contributed by atoms with Gasteiger partial charge in [-0.25, -0.2) is 14.6 Å². The highest BCUT2D eigenvalue weighted by Gasteiger charge is 2.30. The van der Waals surface area contributed by atoms with Gasteiger partial charge in [0.25, 0.3) is 0 Å². The number of fused-ring (bicyclic) bond motifs is 1. The van der Waals surface area contributed by atoms with Crippen molar-refractivity contribution in [2.45, 2.75) is 19.4 Å². The Bertz CT molecular complexity index is 876. The molecule has 3 heterocycles. The van der Waals surface area contributed by atoms with E-state index in [1.807, 2.05) is 0 Å². The van der Waals surface area contributed by atoms with Gasteiger partial charge < -0.3 is 18.9 Å². The van der Waals surface area contributed by atoms with E-state index >= 15 is 0 Å². The smallest absolute Gasteiger partial charge is 0.409 e. The number of hydrogen-bond acceptors (Lipinski definition) is 6. The van der Waals surface area contributed by atoms with Gasteiger partial charge in [0.15, 0.2) is 0 Å². The Balaban J connectivity index is 2.08. The fraction of sp³-hybridized carbons (Fsp3) is 0.412. The van der Waals surface area contributed by atoms with Gasteiger partial charge in [-0.3, -0.25) is 4.79 Å². The third-order valence-corrected chi connectivity index (χ3v) is 4.27. The molecule has 0 aromatic carbocycles. The normalized spacial score (nSPS) is 16.9. The number of methoxy groups -OCH3 is 1. The summed E-state index contributed by atoms with van der Waals surface area (Å²) in [4.78, 5) is 42.4. The van der Waals surface area contributed by atoms with Crippen molar-refractivity contribution in [3.8, 4) is 0 Å². The summed E-state index contributed by atoms with van der Waals surface area (Å²) >= 11 is 0. The number of carbonyl (C=O) groups excluding carboxylic acids is 2. The number of pyridine rings is 2. The van der Waals surface area contributed by atoms with Crippen molar-refractivity contribution in [2.24, 2.45) is 0 Å². The molecule has 1 fully saturated rings. The molecule has 2 aromatic rings. The number of likely N-dealkylation sites (tertiary alicyclic amines) is 1. The number of carbonyl (C=O) groups is 2. The van der Waals surface area contributed by atoms with Gasteiger partial charge in [-0.15, -0.1) is 0 Å². The molecule has 8 nitrogen and oxygen atoms in total. The lowest BCUT2D eigenvalue weighted by atomic mass is 10.1. The van der Waals surface area contributed by atoms with E-state index in [9.17, 15) is 14.4 Å². The maximum atomic E-state index is 12.6. The molecule has 3 rings (SSSR count). The summed E-state index contributed by atoms with van der Waals surface area (Å²) in [5.41, 5.74) is 0.0525. The van der Waals surface area contributed by atoms with Crippen LogP contribution in [0, 0.1) is 0 Å². The molecule has 0 unspecified atom stereocenters. The van der Waals surface area contributed by atoms with Gasteiger partial charge >= 0.3 is 12.1 Å². The maximum Gasteiger partial charge on any atom is 0.409 e. The standard InChI is InChI=1S/C17H19N3O5/c1-3-25-16(22)13-10-20(11-6-8-19(9-11)17(23)24-2)15-12(14(13)21)5-4-7-18-15/h4-5,7,10-11H,3,6,8-9H2,1-2H3/t11-/m1/s1. The van der Waals surface area contributed by atoms with E-state index in [4.69, 9.17) is 9.47 Å². The Morgan fingerprint density at radius 3 is 2.92 bits per heavy atom. The Hall–Kier alpha value is -2.90. The molecule has 8 heteroatoms. The fourth-order valence-electron chi connectivity index (χ4n) is 3.08. The lowest BCUT2D eigenvalue weighted by molar-refractivity contribution is 0.0524. The molecule has 0 aliphatic carbocycles. The predicted octanol–water partition coefficient (Wildman–Crippen LogP) is 1.59. The highest BCUT2D eigenvalue weighted by atomic mass is 16.5. The Kier molecular flexibility index (Phi) is 4.69. The molecule has 1 atom stereocenters. The topological polar surface area (TPSA) is 90.7 Å². The SMILES string of the molecule is CCOC(=O)c1cn([C@@H]2CCN(C(=O)OC)C2)c2ncccc2c1=O. The first kappa shape index (κ1) is 16.9. The number of aromatic nitrogens is 2. The molecule has 0 spiro atoms. The van der Waals surface area contributed by atoms with Crippen LogP contribution < -0.4 is 5.43 Å². The zero-order chi connectivity index (χ0) is 18.0. The molecule has 0 N–H and O–H groups in total. The Morgan fingerprint density at radius 2 is 2.20 bits per heavy atom. The van der Waals surface area contributed by atoms with Gasteiger partial charge in [0, 0.05) is 25.5 Å². The van der Waals surface area contributed by atoms with Gasteiger partial charge in [0.1, 0.15) is 11.2 Å². The summed E-state index contributed by atoms with van der Waals surface area (Å²) in [5.74, 6) is -0.658. The number of esters is 1. The highest BCUT2D eigenvalue weighted by molar-refractivity contribution is 5.93.